The van der Waals surface area contributed by atoms with E-state index in [1.165, 1.54) is 11.3 Å². The van der Waals surface area contributed by atoms with E-state index in [0.717, 1.165) is 32.7 Å². The summed E-state index contributed by atoms with van der Waals surface area (Å²) in [5.74, 6) is 0. The topological polar surface area (TPSA) is 50.3 Å². The molecule has 2 heterocycles. The molecule has 0 aliphatic carbocycles. The minimum Gasteiger partial charge on any atom is -0.326 e. The first kappa shape index (κ1) is 11.6. The number of nitrogens with two attached hydrogens (primary N) is 1. The predicted molar refractivity (Wildman–Crippen MR) is 63.9 cm³/mol. The summed E-state index contributed by atoms with van der Waals surface area (Å²) in [4.78, 5) is 4.83. The number of hydrogen-bond donors (Lipinski definition) is 1. The first-order valence-electron chi connectivity index (χ1n) is 5.81. The van der Waals surface area contributed by atoms with Gasteiger partial charge < -0.3 is 10.6 Å². The number of nitrogens with zero attached hydrogens (tertiary/aromatic N) is 4. The molecule has 1 saturated heterocycles. The summed E-state index contributed by atoms with van der Waals surface area (Å²) in [6.45, 7) is 6.11. The first-order chi connectivity index (χ1) is 7.70. The van der Waals surface area contributed by atoms with E-state index in [2.05, 4.69) is 21.9 Å². The second-order valence-electron chi connectivity index (χ2n) is 4.52. The van der Waals surface area contributed by atoms with E-state index in [0.29, 0.717) is 6.54 Å². The lowest BCUT2D eigenvalue weighted by molar-refractivity contribution is 0.145. The van der Waals surface area contributed by atoms with Gasteiger partial charge in [0.25, 0.3) is 0 Å². The maximum atomic E-state index is 5.71. The Morgan fingerprint density at radius 2 is 1.94 bits per heavy atom. The summed E-state index contributed by atoms with van der Waals surface area (Å²) in [6, 6.07) is 0. The summed E-state index contributed by atoms with van der Waals surface area (Å²) in [6.07, 6.45) is 1.88. The zero-order valence-corrected chi connectivity index (χ0v) is 10.2. The fourth-order valence-corrected chi connectivity index (χ4v) is 2.10. The number of aryl methyl sites for hydroxylation is 1. The van der Waals surface area contributed by atoms with Gasteiger partial charge >= 0.3 is 0 Å². The van der Waals surface area contributed by atoms with Crippen molar-refractivity contribution in [3.05, 3.63) is 17.5 Å². The lowest BCUT2D eigenvalue weighted by atomic mass is 10.2. The van der Waals surface area contributed by atoms with E-state index in [1.807, 2.05) is 17.9 Å². The van der Waals surface area contributed by atoms with E-state index < -0.39 is 0 Å². The van der Waals surface area contributed by atoms with Crippen LogP contribution < -0.4 is 5.73 Å². The van der Waals surface area contributed by atoms with Gasteiger partial charge in [-0.1, -0.05) is 0 Å². The van der Waals surface area contributed by atoms with Gasteiger partial charge in [-0.05, 0) is 7.05 Å². The van der Waals surface area contributed by atoms with E-state index in [9.17, 15) is 0 Å². The fourth-order valence-electron chi connectivity index (χ4n) is 2.10. The molecule has 0 aromatic carbocycles. The Morgan fingerprint density at radius 3 is 2.56 bits per heavy atom. The average Bonchev–Trinajstić information content (AvgIpc) is 2.63. The highest BCUT2D eigenvalue weighted by Crippen LogP contribution is 2.11. The molecule has 5 nitrogen and oxygen atoms in total. The van der Waals surface area contributed by atoms with Crippen molar-refractivity contribution >= 4 is 0 Å². The van der Waals surface area contributed by atoms with E-state index in [4.69, 9.17) is 5.73 Å². The Hall–Kier alpha value is -0.910. The van der Waals surface area contributed by atoms with Crippen molar-refractivity contribution in [2.75, 3.05) is 33.2 Å². The zero-order chi connectivity index (χ0) is 11.5. The molecule has 0 unspecified atom stereocenters. The molecule has 1 aliphatic heterocycles. The Kier molecular flexibility index (Phi) is 3.58. The van der Waals surface area contributed by atoms with Crippen molar-refractivity contribution in [1.29, 1.82) is 0 Å². The Balaban J connectivity index is 2.00. The van der Waals surface area contributed by atoms with Crippen molar-refractivity contribution in [3.63, 3.8) is 0 Å². The van der Waals surface area contributed by atoms with Crippen LogP contribution in [0, 0.1) is 0 Å². The molecule has 1 aliphatic rings. The number of likely N-dealkylation sites (N-methyl/N-ethyl adjacent to an activating group) is 1. The van der Waals surface area contributed by atoms with Crippen LogP contribution >= 0.6 is 0 Å². The van der Waals surface area contributed by atoms with Crippen LogP contribution in [0.4, 0.5) is 0 Å². The summed E-state index contributed by atoms with van der Waals surface area (Å²) in [5.41, 5.74) is 8.14. The van der Waals surface area contributed by atoms with E-state index >= 15 is 0 Å². The predicted octanol–water partition coefficient (Wildman–Crippen LogP) is -0.374. The van der Waals surface area contributed by atoms with Gasteiger partial charge in [-0.3, -0.25) is 9.58 Å². The molecule has 2 rings (SSSR count). The fraction of sp³-hybridized carbons (Fsp3) is 0.727. The molecule has 2 N–H and O–H groups in total. The number of rotatable bonds is 3. The molecule has 0 atom stereocenters. The van der Waals surface area contributed by atoms with Crippen molar-refractivity contribution in [2.45, 2.75) is 13.1 Å². The standard InChI is InChI=1S/C11H21N5/c1-14-3-5-16(6-4-14)9-11-10(7-12)8-13-15(11)2/h8H,3-7,9,12H2,1-2H3. The van der Waals surface area contributed by atoms with Crippen LogP contribution in [0.25, 0.3) is 0 Å². The smallest absolute Gasteiger partial charge is 0.0565 e. The normalized spacial score (nSPS) is 19.2. The van der Waals surface area contributed by atoms with E-state index in [-0.39, 0.29) is 0 Å². The number of piperazine rings is 1. The summed E-state index contributed by atoms with van der Waals surface area (Å²) in [5, 5.41) is 4.27. The second-order valence-corrected chi connectivity index (χ2v) is 4.52. The molecular weight excluding hydrogens is 202 g/mol. The van der Waals surface area contributed by atoms with Gasteiger partial charge in [-0.15, -0.1) is 0 Å². The van der Waals surface area contributed by atoms with Crippen molar-refractivity contribution < 1.29 is 0 Å². The monoisotopic (exact) mass is 223 g/mol. The van der Waals surface area contributed by atoms with Gasteiger partial charge in [0.1, 0.15) is 0 Å². The van der Waals surface area contributed by atoms with Crippen LogP contribution in [0.1, 0.15) is 11.3 Å². The van der Waals surface area contributed by atoms with Crippen molar-refractivity contribution in [3.8, 4) is 0 Å². The molecule has 1 fully saturated rings. The molecule has 0 radical (unpaired) electrons. The SMILES string of the molecule is CN1CCN(Cc2c(CN)cnn2C)CC1. The van der Waals surface area contributed by atoms with Gasteiger partial charge in [0.05, 0.1) is 11.9 Å². The third-order valence-corrected chi connectivity index (χ3v) is 3.34. The Labute approximate surface area is 96.8 Å². The maximum Gasteiger partial charge on any atom is 0.0565 e. The third-order valence-electron chi connectivity index (χ3n) is 3.34. The molecule has 90 valence electrons. The number of aromatic nitrogens is 2. The van der Waals surface area contributed by atoms with E-state index in [1.54, 1.807) is 0 Å². The summed E-state index contributed by atoms with van der Waals surface area (Å²) < 4.78 is 1.94. The van der Waals surface area contributed by atoms with Gasteiger partial charge in [-0.2, -0.15) is 5.10 Å². The maximum absolute atomic E-state index is 5.71. The largest absolute Gasteiger partial charge is 0.326 e. The quantitative estimate of drug-likeness (QED) is 0.759. The minimum absolute atomic E-state index is 0.580. The van der Waals surface area contributed by atoms with Crippen LogP contribution in [-0.4, -0.2) is 52.8 Å². The highest BCUT2D eigenvalue weighted by atomic mass is 15.3. The van der Waals surface area contributed by atoms with Gasteiger partial charge in [-0.25, -0.2) is 0 Å². The molecule has 1 aromatic heterocycles. The van der Waals surface area contributed by atoms with Crippen LogP contribution in [0.3, 0.4) is 0 Å². The summed E-state index contributed by atoms with van der Waals surface area (Å²) in [7, 11) is 4.16. The lowest BCUT2D eigenvalue weighted by Crippen LogP contribution is -2.44. The zero-order valence-electron chi connectivity index (χ0n) is 10.2. The molecule has 0 saturated carbocycles. The number of hydrogen-bond acceptors (Lipinski definition) is 4. The highest BCUT2D eigenvalue weighted by molar-refractivity contribution is 5.17. The van der Waals surface area contributed by atoms with Gasteiger partial charge in [0.2, 0.25) is 0 Å². The molecule has 0 amide bonds. The van der Waals surface area contributed by atoms with Crippen molar-refractivity contribution in [2.24, 2.45) is 12.8 Å². The van der Waals surface area contributed by atoms with Crippen LogP contribution in [0.5, 0.6) is 0 Å². The first-order valence-corrected chi connectivity index (χ1v) is 5.81. The molecule has 1 aromatic rings. The van der Waals surface area contributed by atoms with Gasteiger partial charge in [0, 0.05) is 51.9 Å². The lowest BCUT2D eigenvalue weighted by Gasteiger charge is -2.32. The Bertz CT molecular complexity index is 338. The average molecular weight is 223 g/mol. The second kappa shape index (κ2) is 4.95. The van der Waals surface area contributed by atoms with Crippen LogP contribution in [-0.2, 0) is 20.1 Å². The van der Waals surface area contributed by atoms with Crippen LogP contribution in [0.2, 0.25) is 0 Å². The van der Waals surface area contributed by atoms with Gasteiger partial charge in [0.15, 0.2) is 0 Å². The van der Waals surface area contributed by atoms with Crippen LogP contribution in [0.15, 0.2) is 6.20 Å². The molecule has 0 spiro atoms. The third kappa shape index (κ3) is 2.42. The summed E-state index contributed by atoms with van der Waals surface area (Å²) >= 11 is 0. The minimum atomic E-state index is 0.580. The van der Waals surface area contributed by atoms with Crippen molar-refractivity contribution in [1.82, 2.24) is 19.6 Å². The molecular formula is C11H21N5. The molecule has 16 heavy (non-hydrogen) atoms. The Morgan fingerprint density at radius 1 is 1.25 bits per heavy atom. The molecule has 5 heteroatoms. The highest BCUT2D eigenvalue weighted by Gasteiger charge is 2.16. The molecule has 0 bridgehead atoms.